The van der Waals surface area contributed by atoms with E-state index in [0.29, 0.717) is 18.1 Å². The lowest BCUT2D eigenvalue weighted by Gasteiger charge is -2.34. The van der Waals surface area contributed by atoms with Crippen molar-refractivity contribution in [1.29, 1.82) is 0 Å². The number of piperidine rings is 1. The molecule has 0 aromatic carbocycles. The molecule has 1 saturated heterocycles. The molecule has 7 nitrogen and oxygen atoms in total. The molecule has 0 bridgehead atoms. The second kappa shape index (κ2) is 6.31. The van der Waals surface area contributed by atoms with E-state index in [4.69, 9.17) is 4.52 Å². The van der Waals surface area contributed by atoms with E-state index in [-0.39, 0.29) is 17.9 Å². The minimum absolute atomic E-state index is 0.0597. The number of carbonyl (C=O) groups is 1. The number of hydrogen-bond acceptors (Lipinski definition) is 5. The Morgan fingerprint density at radius 2 is 2.20 bits per heavy atom. The van der Waals surface area contributed by atoms with E-state index in [1.165, 1.54) is 0 Å². The average molecular weight is 339 g/mol. The molecule has 130 valence electrons. The molecule has 1 aliphatic heterocycles. The summed E-state index contributed by atoms with van der Waals surface area (Å²) in [7, 11) is 0. The summed E-state index contributed by atoms with van der Waals surface area (Å²) in [5.74, 6) is 1.07. The Labute approximate surface area is 145 Å². The van der Waals surface area contributed by atoms with E-state index >= 15 is 0 Å². The lowest BCUT2D eigenvalue weighted by Crippen LogP contribution is -2.38. The number of imidazole rings is 1. The summed E-state index contributed by atoms with van der Waals surface area (Å²) in [6, 6.07) is 3.66. The number of fused-ring (bicyclic) bond motifs is 1. The van der Waals surface area contributed by atoms with E-state index in [0.717, 1.165) is 30.7 Å². The van der Waals surface area contributed by atoms with Gasteiger partial charge in [0.05, 0.1) is 17.4 Å². The molecule has 4 rings (SSSR count). The highest BCUT2D eigenvalue weighted by molar-refractivity contribution is 5.91. The highest BCUT2D eigenvalue weighted by Crippen LogP contribution is 2.31. The van der Waals surface area contributed by atoms with Gasteiger partial charge in [-0.3, -0.25) is 9.20 Å². The third-order valence-electron chi connectivity index (χ3n) is 4.72. The van der Waals surface area contributed by atoms with Gasteiger partial charge in [-0.25, -0.2) is 9.97 Å². The van der Waals surface area contributed by atoms with E-state index in [1.54, 1.807) is 12.3 Å². The van der Waals surface area contributed by atoms with E-state index in [1.807, 2.05) is 41.6 Å². The van der Waals surface area contributed by atoms with Crippen molar-refractivity contribution in [3.05, 3.63) is 47.9 Å². The Morgan fingerprint density at radius 1 is 1.32 bits per heavy atom. The standard InChI is InChI=1S/C18H21N5O2/c1-12(2)14-11-16(25-21-14)17(24)23-8-4-3-5-15(23)13-6-9-22-10-7-19-18(22)20-13/h6-7,9-12,15H,3-5,8H2,1-2H3/t15-/m0/s1. The Morgan fingerprint density at radius 3 is 3.00 bits per heavy atom. The quantitative estimate of drug-likeness (QED) is 0.732. The highest BCUT2D eigenvalue weighted by atomic mass is 16.5. The van der Waals surface area contributed by atoms with Gasteiger partial charge in [0.15, 0.2) is 0 Å². The smallest absolute Gasteiger partial charge is 0.293 e. The molecule has 0 unspecified atom stereocenters. The molecule has 3 aromatic heterocycles. The van der Waals surface area contributed by atoms with Crippen molar-refractivity contribution in [2.24, 2.45) is 0 Å². The summed E-state index contributed by atoms with van der Waals surface area (Å²) in [5.41, 5.74) is 1.67. The lowest BCUT2D eigenvalue weighted by atomic mass is 9.98. The molecule has 25 heavy (non-hydrogen) atoms. The van der Waals surface area contributed by atoms with Crippen LogP contribution in [0.2, 0.25) is 0 Å². The maximum atomic E-state index is 13.0. The van der Waals surface area contributed by atoms with Gasteiger partial charge in [-0.1, -0.05) is 19.0 Å². The molecular formula is C18H21N5O2. The summed E-state index contributed by atoms with van der Waals surface area (Å²) in [6.45, 7) is 4.75. The Kier molecular flexibility index (Phi) is 3.99. The summed E-state index contributed by atoms with van der Waals surface area (Å²) < 4.78 is 7.17. The minimum Gasteiger partial charge on any atom is -0.351 e. The number of carbonyl (C=O) groups excluding carboxylic acids is 1. The van der Waals surface area contributed by atoms with Crippen molar-refractivity contribution in [2.75, 3.05) is 6.54 Å². The third-order valence-corrected chi connectivity index (χ3v) is 4.72. The van der Waals surface area contributed by atoms with Gasteiger partial charge < -0.3 is 9.42 Å². The molecule has 0 spiro atoms. The van der Waals surface area contributed by atoms with Gasteiger partial charge in [0, 0.05) is 31.2 Å². The maximum absolute atomic E-state index is 13.0. The fourth-order valence-electron chi connectivity index (χ4n) is 3.29. The first kappa shape index (κ1) is 15.8. The first-order valence-corrected chi connectivity index (χ1v) is 8.70. The zero-order valence-electron chi connectivity index (χ0n) is 14.4. The predicted molar refractivity (Wildman–Crippen MR) is 91.2 cm³/mol. The molecule has 1 aliphatic rings. The molecule has 4 heterocycles. The Balaban J connectivity index is 1.64. The van der Waals surface area contributed by atoms with Crippen LogP contribution >= 0.6 is 0 Å². The predicted octanol–water partition coefficient (Wildman–Crippen LogP) is 3.21. The van der Waals surface area contributed by atoms with Crippen molar-refractivity contribution < 1.29 is 9.32 Å². The third kappa shape index (κ3) is 2.90. The fourth-order valence-corrected chi connectivity index (χ4v) is 3.29. The minimum atomic E-state index is -0.117. The first-order chi connectivity index (χ1) is 12.1. The average Bonchev–Trinajstić information content (AvgIpc) is 3.29. The summed E-state index contributed by atoms with van der Waals surface area (Å²) in [5, 5.41) is 4.01. The molecular weight excluding hydrogens is 318 g/mol. The number of rotatable bonds is 3. The van der Waals surface area contributed by atoms with Crippen molar-refractivity contribution >= 4 is 11.7 Å². The summed E-state index contributed by atoms with van der Waals surface area (Å²) >= 11 is 0. The Hall–Kier alpha value is -2.70. The van der Waals surface area contributed by atoms with Crippen LogP contribution in [0.3, 0.4) is 0 Å². The van der Waals surface area contributed by atoms with Crippen LogP contribution < -0.4 is 0 Å². The van der Waals surface area contributed by atoms with Gasteiger partial charge in [0.2, 0.25) is 11.5 Å². The molecule has 1 amide bonds. The van der Waals surface area contributed by atoms with Crippen LogP contribution in [0.5, 0.6) is 0 Å². The highest BCUT2D eigenvalue weighted by Gasteiger charge is 2.32. The molecule has 0 N–H and O–H groups in total. The van der Waals surface area contributed by atoms with Crippen LogP contribution in [0.25, 0.3) is 5.78 Å². The molecule has 1 atom stereocenters. The monoisotopic (exact) mass is 339 g/mol. The van der Waals surface area contributed by atoms with Crippen LogP contribution in [0.1, 0.15) is 67.0 Å². The molecule has 7 heteroatoms. The molecule has 0 aliphatic carbocycles. The van der Waals surface area contributed by atoms with Crippen LogP contribution in [0.15, 0.2) is 35.2 Å². The Bertz CT molecular complexity index is 898. The molecule has 1 fully saturated rings. The summed E-state index contributed by atoms with van der Waals surface area (Å²) in [6.07, 6.45) is 8.46. The van der Waals surface area contributed by atoms with Gasteiger partial charge in [-0.2, -0.15) is 0 Å². The van der Waals surface area contributed by atoms with E-state index in [9.17, 15) is 4.79 Å². The van der Waals surface area contributed by atoms with Crippen LogP contribution in [-0.2, 0) is 0 Å². The van der Waals surface area contributed by atoms with Crippen LogP contribution in [-0.4, -0.2) is 36.9 Å². The van der Waals surface area contributed by atoms with Crippen molar-refractivity contribution in [1.82, 2.24) is 24.4 Å². The summed E-state index contributed by atoms with van der Waals surface area (Å²) in [4.78, 5) is 23.7. The second-order valence-corrected chi connectivity index (χ2v) is 6.77. The second-order valence-electron chi connectivity index (χ2n) is 6.77. The van der Waals surface area contributed by atoms with Crippen molar-refractivity contribution in [3.63, 3.8) is 0 Å². The molecule has 0 radical (unpaired) electrons. The van der Waals surface area contributed by atoms with Gasteiger partial charge in [-0.15, -0.1) is 0 Å². The number of aromatic nitrogens is 4. The number of hydrogen-bond donors (Lipinski definition) is 0. The normalized spacial score (nSPS) is 18.2. The largest absolute Gasteiger partial charge is 0.351 e. The first-order valence-electron chi connectivity index (χ1n) is 8.70. The topological polar surface area (TPSA) is 76.5 Å². The van der Waals surface area contributed by atoms with Crippen LogP contribution in [0.4, 0.5) is 0 Å². The van der Waals surface area contributed by atoms with E-state index < -0.39 is 0 Å². The SMILES string of the molecule is CC(C)c1cc(C(=O)N2CCCC[C@H]2c2ccn3ccnc3n2)on1. The fraction of sp³-hybridized carbons (Fsp3) is 0.444. The molecule has 3 aromatic rings. The van der Waals surface area contributed by atoms with E-state index in [2.05, 4.69) is 15.1 Å². The van der Waals surface area contributed by atoms with Gasteiger partial charge in [0.1, 0.15) is 0 Å². The number of nitrogens with zero attached hydrogens (tertiary/aromatic N) is 5. The number of likely N-dealkylation sites (tertiary alicyclic amines) is 1. The lowest BCUT2D eigenvalue weighted by molar-refractivity contribution is 0.0564. The zero-order valence-corrected chi connectivity index (χ0v) is 14.4. The van der Waals surface area contributed by atoms with Gasteiger partial charge >= 0.3 is 0 Å². The van der Waals surface area contributed by atoms with Crippen molar-refractivity contribution in [2.45, 2.75) is 45.1 Å². The molecule has 0 saturated carbocycles. The van der Waals surface area contributed by atoms with Crippen molar-refractivity contribution in [3.8, 4) is 0 Å². The maximum Gasteiger partial charge on any atom is 0.293 e. The van der Waals surface area contributed by atoms with Gasteiger partial charge in [-0.05, 0) is 31.2 Å². The zero-order chi connectivity index (χ0) is 17.4. The van der Waals surface area contributed by atoms with Gasteiger partial charge in [0.25, 0.3) is 5.91 Å². The number of amides is 1. The van der Waals surface area contributed by atoms with Crippen LogP contribution in [0, 0.1) is 0 Å².